The molecule has 1 N–H and O–H groups in total. The van der Waals surface area contributed by atoms with Crippen LogP contribution >= 0.6 is 34.7 Å². The first kappa shape index (κ1) is 22.2. The molecule has 10 heteroatoms. The van der Waals surface area contributed by atoms with Gasteiger partial charge in [-0.1, -0.05) is 29.4 Å². The Balaban J connectivity index is 1.47. The number of aromatic nitrogens is 4. The molecule has 0 aliphatic carbocycles. The summed E-state index contributed by atoms with van der Waals surface area (Å²) in [5.41, 5.74) is 2.62. The van der Waals surface area contributed by atoms with Crippen LogP contribution in [0.1, 0.15) is 11.8 Å². The standard InChI is InChI=1S/C22H19ClN6OS2/c1-15(19-3-2-12-31-19)25-14-26-20(30)13-32-22-28-27-21(16-8-10-24-11-9-16)29(22)18-6-4-17(23)5-7-18/h2-12H,13-14H2,1H3,(H,26,30)/b25-15+. The Bertz CT molecular complexity index is 1210. The van der Waals surface area contributed by atoms with E-state index >= 15 is 0 Å². The Kier molecular flexibility index (Phi) is 7.31. The zero-order valence-corrected chi connectivity index (χ0v) is 19.5. The highest BCUT2D eigenvalue weighted by atomic mass is 35.5. The summed E-state index contributed by atoms with van der Waals surface area (Å²) in [5, 5.41) is 14.7. The van der Waals surface area contributed by atoms with E-state index in [0.29, 0.717) is 16.0 Å². The number of thiophene rings is 1. The monoisotopic (exact) mass is 482 g/mol. The molecule has 32 heavy (non-hydrogen) atoms. The molecule has 0 aliphatic rings. The number of carbonyl (C=O) groups excluding carboxylic acids is 1. The third-order valence-electron chi connectivity index (χ3n) is 4.46. The summed E-state index contributed by atoms with van der Waals surface area (Å²) in [6.45, 7) is 2.16. The smallest absolute Gasteiger partial charge is 0.231 e. The molecule has 7 nitrogen and oxygen atoms in total. The number of nitrogens with zero attached hydrogens (tertiary/aromatic N) is 5. The molecule has 0 unspecified atom stereocenters. The van der Waals surface area contributed by atoms with Gasteiger partial charge in [0.2, 0.25) is 5.91 Å². The number of carbonyl (C=O) groups is 1. The molecule has 0 saturated carbocycles. The second-order valence-corrected chi connectivity index (χ2v) is 8.95. The zero-order valence-electron chi connectivity index (χ0n) is 17.1. The summed E-state index contributed by atoms with van der Waals surface area (Å²) in [6.07, 6.45) is 3.41. The van der Waals surface area contributed by atoms with Gasteiger partial charge in [-0.15, -0.1) is 21.5 Å². The van der Waals surface area contributed by atoms with E-state index in [1.807, 2.05) is 65.4 Å². The number of aliphatic imine (C=N–C) groups is 1. The van der Waals surface area contributed by atoms with E-state index in [2.05, 4.69) is 25.5 Å². The molecule has 1 aromatic carbocycles. The molecule has 1 amide bonds. The molecule has 0 spiro atoms. The molecular weight excluding hydrogens is 464 g/mol. The SMILES string of the molecule is C/C(=N\CNC(=O)CSc1nnc(-c2ccncc2)n1-c1ccc(Cl)cc1)c1cccs1. The fourth-order valence-electron chi connectivity index (χ4n) is 2.86. The molecule has 0 aliphatic heterocycles. The largest absolute Gasteiger partial charge is 0.336 e. The average molecular weight is 483 g/mol. The number of thioether (sulfide) groups is 1. The van der Waals surface area contributed by atoms with E-state index in [1.165, 1.54) is 11.8 Å². The number of halogens is 1. The molecule has 3 heterocycles. The van der Waals surface area contributed by atoms with Crippen LogP contribution in [0.2, 0.25) is 5.02 Å². The lowest BCUT2D eigenvalue weighted by molar-refractivity contribution is -0.118. The Morgan fingerprint density at radius 1 is 1.16 bits per heavy atom. The average Bonchev–Trinajstić information content (AvgIpc) is 3.49. The van der Waals surface area contributed by atoms with Crippen LogP contribution in [-0.4, -0.2) is 43.8 Å². The highest BCUT2D eigenvalue weighted by Crippen LogP contribution is 2.28. The van der Waals surface area contributed by atoms with Gasteiger partial charge < -0.3 is 5.32 Å². The van der Waals surface area contributed by atoms with Crippen LogP contribution in [0.25, 0.3) is 17.1 Å². The lowest BCUT2D eigenvalue weighted by Crippen LogP contribution is -2.25. The summed E-state index contributed by atoms with van der Waals surface area (Å²) in [7, 11) is 0. The lowest BCUT2D eigenvalue weighted by Gasteiger charge is -2.10. The number of hydrogen-bond acceptors (Lipinski definition) is 7. The van der Waals surface area contributed by atoms with Crippen molar-refractivity contribution in [2.75, 3.05) is 12.4 Å². The molecule has 0 bridgehead atoms. The van der Waals surface area contributed by atoms with Crippen molar-refractivity contribution in [3.05, 3.63) is 76.2 Å². The number of rotatable bonds is 8. The van der Waals surface area contributed by atoms with Crippen molar-refractivity contribution in [3.63, 3.8) is 0 Å². The van der Waals surface area contributed by atoms with Gasteiger partial charge in [-0.2, -0.15) is 0 Å². The summed E-state index contributed by atoms with van der Waals surface area (Å²) >= 11 is 8.99. The molecule has 162 valence electrons. The van der Waals surface area contributed by atoms with E-state index in [-0.39, 0.29) is 18.3 Å². The fraction of sp³-hybridized carbons (Fsp3) is 0.136. The van der Waals surface area contributed by atoms with Crippen molar-refractivity contribution in [2.45, 2.75) is 12.1 Å². The van der Waals surface area contributed by atoms with Gasteiger partial charge in [0.25, 0.3) is 0 Å². The third-order valence-corrected chi connectivity index (χ3v) is 6.62. The van der Waals surface area contributed by atoms with Crippen molar-refractivity contribution in [1.82, 2.24) is 25.1 Å². The Labute approximate surface area is 198 Å². The van der Waals surface area contributed by atoms with Gasteiger partial charge in [-0.05, 0) is 54.8 Å². The van der Waals surface area contributed by atoms with Crippen molar-refractivity contribution in [2.24, 2.45) is 4.99 Å². The molecule has 0 fully saturated rings. The van der Waals surface area contributed by atoms with E-state index in [4.69, 9.17) is 11.6 Å². The van der Waals surface area contributed by atoms with Crippen LogP contribution in [-0.2, 0) is 4.79 Å². The zero-order chi connectivity index (χ0) is 22.3. The van der Waals surface area contributed by atoms with E-state index < -0.39 is 0 Å². The first-order valence-corrected chi connectivity index (χ1v) is 11.9. The van der Waals surface area contributed by atoms with Gasteiger partial charge in [-0.25, -0.2) is 0 Å². The first-order valence-electron chi connectivity index (χ1n) is 9.68. The lowest BCUT2D eigenvalue weighted by atomic mass is 10.2. The van der Waals surface area contributed by atoms with Crippen LogP contribution in [0.4, 0.5) is 0 Å². The Morgan fingerprint density at radius 2 is 1.94 bits per heavy atom. The van der Waals surface area contributed by atoms with Crippen molar-refractivity contribution >= 4 is 46.3 Å². The van der Waals surface area contributed by atoms with Crippen LogP contribution in [0.3, 0.4) is 0 Å². The molecule has 0 atom stereocenters. The normalized spacial score (nSPS) is 11.5. The van der Waals surface area contributed by atoms with Crippen molar-refractivity contribution in [1.29, 1.82) is 0 Å². The van der Waals surface area contributed by atoms with Crippen LogP contribution < -0.4 is 5.32 Å². The van der Waals surface area contributed by atoms with Gasteiger partial charge in [0.05, 0.1) is 11.5 Å². The first-order chi connectivity index (χ1) is 15.6. The summed E-state index contributed by atoms with van der Waals surface area (Å²) in [5.74, 6) is 0.720. The Morgan fingerprint density at radius 3 is 2.66 bits per heavy atom. The molecule has 3 aromatic heterocycles. The Hall–Kier alpha value is -3.01. The summed E-state index contributed by atoms with van der Waals surface area (Å²) < 4.78 is 1.91. The second kappa shape index (κ2) is 10.5. The topological polar surface area (TPSA) is 85.1 Å². The number of hydrogen-bond donors (Lipinski definition) is 1. The van der Waals surface area contributed by atoms with E-state index in [9.17, 15) is 4.79 Å². The highest BCUT2D eigenvalue weighted by molar-refractivity contribution is 7.99. The number of benzene rings is 1. The quantitative estimate of drug-likeness (QED) is 0.290. The van der Waals surface area contributed by atoms with Crippen LogP contribution in [0.5, 0.6) is 0 Å². The van der Waals surface area contributed by atoms with Crippen molar-refractivity contribution in [3.8, 4) is 17.1 Å². The maximum atomic E-state index is 12.4. The minimum absolute atomic E-state index is 0.131. The number of amides is 1. The van der Waals surface area contributed by atoms with Crippen molar-refractivity contribution < 1.29 is 4.79 Å². The molecule has 0 saturated heterocycles. The highest BCUT2D eigenvalue weighted by Gasteiger charge is 2.17. The van der Waals surface area contributed by atoms with E-state index in [0.717, 1.165) is 21.8 Å². The molecule has 4 rings (SSSR count). The second-order valence-electron chi connectivity index (χ2n) is 6.62. The minimum atomic E-state index is -0.131. The van der Waals surface area contributed by atoms with Gasteiger partial charge in [0, 0.05) is 33.5 Å². The summed E-state index contributed by atoms with van der Waals surface area (Å²) in [4.78, 5) is 21.9. The summed E-state index contributed by atoms with van der Waals surface area (Å²) in [6, 6.07) is 15.1. The molecular formula is C22H19ClN6OS2. The fourth-order valence-corrected chi connectivity index (χ4v) is 4.47. The number of pyridine rings is 1. The van der Waals surface area contributed by atoms with Gasteiger partial charge in [0.1, 0.15) is 6.67 Å². The predicted molar refractivity (Wildman–Crippen MR) is 130 cm³/mol. The van der Waals surface area contributed by atoms with E-state index in [1.54, 1.807) is 23.7 Å². The predicted octanol–water partition coefficient (Wildman–Crippen LogP) is 4.72. The van der Waals surface area contributed by atoms with Crippen LogP contribution in [0.15, 0.2) is 76.5 Å². The van der Waals surface area contributed by atoms with Gasteiger partial charge >= 0.3 is 0 Å². The van der Waals surface area contributed by atoms with Gasteiger partial charge in [0.15, 0.2) is 11.0 Å². The third kappa shape index (κ3) is 5.42. The molecule has 4 aromatic rings. The maximum Gasteiger partial charge on any atom is 0.231 e. The number of nitrogens with one attached hydrogen (secondary N) is 1. The maximum absolute atomic E-state index is 12.4. The van der Waals surface area contributed by atoms with Gasteiger partial charge in [-0.3, -0.25) is 19.3 Å². The van der Waals surface area contributed by atoms with Crippen LogP contribution in [0, 0.1) is 0 Å². The minimum Gasteiger partial charge on any atom is -0.336 e. The molecule has 0 radical (unpaired) electrons.